The van der Waals surface area contributed by atoms with Gasteiger partial charge in [-0.05, 0) is 0 Å². The van der Waals surface area contributed by atoms with Gasteiger partial charge in [0, 0.05) is 27.3 Å². The first-order valence-electron chi connectivity index (χ1n) is 3.33. The SMILES string of the molecule is CO[C@@H]1CN(N)C[C@H]1OC. The Morgan fingerprint density at radius 3 is 1.90 bits per heavy atom. The lowest BCUT2D eigenvalue weighted by atomic mass is 10.3. The van der Waals surface area contributed by atoms with Crippen molar-refractivity contribution in [1.29, 1.82) is 0 Å². The zero-order chi connectivity index (χ0) is 7.56. The highest BCUT2D eigenvalue weighted by atomic mass is 16.5. The van der Waals surface area contributed by atoms with Crippen molar-refractivity contribution in [3.05, 3.63) is 0 Å². The molecule has 1 aliphatic rings. The van der Waals surface area contributed by atoms with Crippen LogP contribution in [0.15, 0.2) is 0 Å². The van der Waals surface area contributed by atoms with Crippen molar-refractivity contribution in [1.82, 2.24) is 5.01 Å². The summed E-state index contributed by atoms with van der Waals surface area (Å²) in [6.07, 6.45) is 0.269. The fourth-order valence-electron chi connectivity index (χ4n) is 1.22. The highest BCUT2D eigenvalue weighted by Gasteiger charge is 2.30. The van der Waals surface area contributed by atoms with Crippen LogP contribution in [0.3, 0.4) is 0 Å². The van der Waals surface area contributed by atoms with Crippen LogP contribution in [0.4, 0.5) is 0 Å². The summed E-state index contributed by atoms with van der Waals surface area (Å²) in [4.78, 5) is 0. The zero-order valence-electron chi connectivity index (χ0n) is 6.41. The van der Waals surface area contributed by atoms with E-state index in [0.717, 1.165) is 13.1 Å². The number of hydrazine groups is 1. The lowest BCUT2D eigenvalue weighted by Crippen LogP contribution is -2.29. The minimum Gasteiger partial charge on any atom is -0.377 e. The minimum absolute atomic E-state index is 0.134. The van der Waals surface area contributed by atoms with Gasteiger partial charge in [0.25, 0.3) is 0 Å². The molecule has 1 heterocycles. The first kappa shape index (κ1) is 7.94. The van der Waals surface area contributed by atoms with Crippen LogP contribution in [0, 0.1) is 0 Å². The largest absolute Gasteiger partial charge is 0.377 e. The number of nitrogens with two attached hydrogens (primary N) is 1. The maximum atomic E-state index is 5.54. The van der Waals surface area contributed by atoms with E-state index >= 15 is 0 Å². The van der Waals surface area contributed by atoms with Crippen molar-refractivity contribution >= 4 is 0 Å². The summed E-state index contributed by atoms with van der Waals surface area (Å²) < 4.78 is 10.3. The first-order valence-corrected chi connectivity index (χ1v) is 3.33. The molecule has 0 amide bonds. The van der Waals surface area contributed by atoms with Gasteiger partial charge in [-0.3, -0.25) is 5.84 Å². The van der Waals surface area contributed by atoms with Gasteiger partial charge in [-0.25, -0.2) is 5.01 Å². The third-order valence-corrected chi connectivity index (χ3v) is 1.85. The van der Waals surface area contributed by atoms with Crippen LogP contribution in [-0.4, -0.2) is 44.5 Å². The number of methoxy groups -OCH3 is 2. The quantitative estimate of drug-likeness (QED) is 0.518. The van der Waals surface area contributed by atoms with Gasteiger partial charge in [0.2, 0.25) is 0 Å². The molecule has 1 fully saturated rings. The second-order valence-electron chi connectivity index (χ2n) is 2.50. The van der Waals surface area contributed by atoms with Gasteiger partial charge in [-0.1, -0.05) is 0 Å². The Balaban J connectivity index is 2.41. The zero-order valence-corrected chi connectivity index (χ0v) is 6.41. The molecule has 10 heavy (non-hydrogen) atoms. The van der Waals surface area contributed by atoms with Gasteiger partial charge in [-0.2, -0.15) is 0 Å². The maximum Gasteiger partial charge on any atom is 0.0986 e. The number of hydrogen-bond donors (Lipinski definition) is 1. The van der Waals surface area contributed by atoms with E-state index in [-0.39, 0.29) is 12.2 Å². The normalized spacial score (nSPS) is 35.1. The van der Waals surface area contributed by atoms with Crippen LogP contribution in [0.25, 0.3) is 0 Å². The monoisotopic (exact) mass is 146 g/mol. The van der Waals surface area contributed by atoms with Crippen molar-refractivity contribution < 1.29 is 9.47 Å². The summed E-state index contributed by atoms with van der Waals surface area (Å²) in [7, 11) is 3.35. The molecular weight excluding hydrogens is 132 g/mol. The Hall–Kier alpha value is -0.160. The molecule has 0 aromatic heterocycles. The van der Waals surface area contributed by atoms with E-state index in [9.17, 15) is 0 Å². The molecule has 2 atom stereocenters. The van der Waals surface area contributed by atoms with Crippen LogP contribution < -0.4 is 5.84 Å². The first-order chi connectivity index (χ1) is 4.77. The fourth-order valence-corrected chi connectivity index (χ4v) is 1.22. The Morgan fingerprint density at radius 1 is 1.20 bits per heavy atom. The molecule has 4 heteroatoms. The van der Waals surface area contributed by atoms with Crippen LogP contribution in [0.1, 0.15) is 0 Å². The fraction of sp³-hybridized carbons (Fsp3) is 1.00. The van der Waals surface area contributed by atoms with Gasteiger partial charge in [0.15, 0.2) is 0 Å². The molecule has 4 nitrogen and oxygen atoms in total. The molecule has 0 aliphatic carbocycles. The van der Waals surface area contributed by atoms with Crippen LogP contribution in [0.2, 0.25) is 0 Å². The molecule has 0 spiro atoms. The third kappa shape index (κ3) is 1.46. The second-order valence-corrected chi connectivity index (χ2v) is 2.50. The molecule has 1 rings (SSSR count). The third-order valence-electron chi connectivity index (χ3n) is 1.85. The molecule has 0 aromatic carbocycles. The predicted octanol–water partition coefficient (Wildman–Crippen LogP) is -0.794. The molecule has 0 saturated carbocycles. The summed E-state index contributed by atoms with van der Waals surface area (Å²) in [5.74, 6) is 5.54. The smallest absolute Gasteiger partial charge is 0.0986 e. The second kappa shape index (κ2) is 3.30. The Kier molecular flexibility index (Phi) is 2.62. The Bertz CT molecular complexity index is 97.9. The summed E-state index contributed by atoms with van der Waals surface area (Å²) in [5.41, 5.74) is 0. The molecule has 0 radical (unpaired) electrons. The van der Waals surface area contributed by atoms with Gasteiger partial charge in [-0.15, -0.1) is 0 Å². The van der Waals surface area contributed by atoms with E-state index in [0.29, 0.717) is 0 Å². The molecule has 60 valence electrons. The summed E-state index contributed by atoms with van der Waals surface area (Å²) in [5, 5.41) is 1.71. The van der Waals surface area contributed by atoms with Crippen LogP contribution >= 0.6 is 0 Å². The molecule has 0 aromatic rings. The van der Waals surface area contributed by atoms with Crippen molar-refractivity contribution in [3.63, 3.8) is 0 Å². The van der Waals surface area contributed by atoms with Crippen molar-refractivity contribution in [2.24, 2.45) is 5.84 Å². The summed E-state index contributed by atoms with van der Waals surface area (Å²) >= 11 is 0. The topological polar surface area (TPSA) is 47.7 Å². The van der Waals surface area contributed by atoms with E-state index in [1.54, 1.807) is 19.2 Å². The number of nitrogens with zero attached hydrogens (tertiary/aromatic N) is 1. The van der Waals surface area contributed by atoms with Crippen LogP contribution in [0.5, 0.6) is 0 Å². The van der Waals surface area contributed by atoms with Crippen molar-refractivity contribution in [2.45, 2.75) is 12.2 Å². The Morgan fingerprint density at radius 2 is 1.60 bits per heavy atom. The van der Waals surface area contributed by atoms with E-state index in [2.05, 4.69) is 0 Å². The lowest BCUT2D eigenvalue weighted by molar-refractivity contribution is -0.00461. The van der Waals surface area contributed by atoms with E-state index in [1.807, 2.05) is 0 Å². The predicted molar refractivity (Wildman–Crippen MR) is 37.4 cm³/mol. The summed E-state index contributed by atoms with van der Waals surface area (Å²) in [6, 6.07) is 0. The van der Waals surface area contributed by atoms with E-state index < -0.39 is 0 Å². The molecular formula is C6H14N2O2. The molecule has 2 N–H and O–H groups in total. The highest BCUT2D eigenvalue weighted by Crippen LogP contribution is 2.11. The number of rotatable bonds is 2. The average Bonchev–Trinajstić information content (AvgIpc) is 2.30. The maximum absolute atomic E-state index is 5.54. The molecule has 0 bridgehead atoms. The average molecular weight is 146 g/mol. The Labute approximate surface area is 60.9 Å². The van der Waals surface area contributed by atoms with Gasteiger partial charge < -0.3 is 9.47 Å². The van der Waals surface area contributed by atoms with Gasteiger partial charge >= 0.3 is 0 Å². The minimum atomic E-state index is 0.134. The van der Waals surface area contributed by atoms with E-state index in [1.165, 1.54) is 0 Å². The van der Waals surface area contributed by atoms with Gasteiger partial charge in [0.05, 0.1) is 12.2 Å². The molecule has 0 unspecified atom stereocenters. The standard InChI is InChI=1S/C6H14N2O2/c1-9-5-3-8(7)4-6(5)10-2/h5-6H,3-4,7H2,1-2H3/t5-,6-/m1/s1. The summed E-state index contributed by atoms with van der Waals surface area (Å²) in [6.45, 7) is 1.52. The number of hydrogen-bond acceptors (Lipinski definition) is 4. The lowest BCUT2D eigenvalue weighted by Gasteiger charge is -2.13. The van der Waals surface area contributed by atoms with E-state index in [4.69, 9.17) is 15.3 Å². The number of ether oxygens (including phenoxy) is 2. The molecule has 1 aliphatic heterocycles. The van der Waals surface area contributed by atoms with Crippen molar-refractivity contribution in [2.75, 3.05) is 27.3 Å². The van der Waals surface area contributed by atoms with Crippen LogP contribution in [-0.2, 0) is 9.47 Å². The van der Waals surface area contributed by atoms with Gasteiger partial charge in [0.1, 0.15) is 0 Å². The van der Waals surface area contributed by atoms with Crippen molar-refractivity contribution in [3.8, 4) is 0 Å². The highest BCUT2D eigenvalue weighted by molar-refractivity contribution is 4.82. The molecule has 1 saturated heterocycles.